The Hall–Kier alpha value is -0.563. The van der Waals surface area contributed by atoms with Gasteiger partial charge in [-0.25, -0.2) is 0 Å². The van der Waals surface area contributed by atoms with E-state index >= 15 is 0 Å². The van der Waals surface area contributed by atoms with Crippen molar-refractivity contribution in [3.8, 4) is 0 Å². The van der Waals surface area contributed by atoms with Crippen molar-refractivity contribution in [1.29, 1.82) is 0 Å². The van der Waals surface area contributed by atoms with Crippen molar-refractivity contribution in [1.82, 2.24) is 0 Å². The minimum atomic E-state index is -1.26. The third-order valence-electron chi connectivity index (χ3n) is 10.1. The molecule has 0 heterocycles. The molecule has 1 heteroatoms. The van der Waals surface area contributed by atoms with Gasteiger partial charge in [-0.15, -0.1) is 0 Å². The maximum absolute atomic E-state index is 2.80. The fraction of sp³-hybridized carbons (Fsp3) is 0.769. The first kappa shape index (κ1) is 19.7. The van der Waals surface area contributed by atoms with Crippen LogP contribution in [0.5, 0.6) is 0 Å². The van der Waals surface area contributed by atoms with Crippen molar-refractivity contribution < 1.29 is 0 Å². The molecule has 3 aliphatic carbocycles. The van der Waals surface area contributed by atoms with Crippen LogP contribution in [0.15, 0.2) is 30.3 Å². The van der Waals surface area contributed by atoms with Crippen LogP contribution in [0, 0.1) is 35.5 Å². The van der Waals surface area contributed by atoms with E-state index in [1.54, 1.807) is 12.0 Å². The topological polar surface area (TPSA) is 0 Å². The quantitative estimate of drug-likeness (QED) is 0.465. The number of fused-ring (bicyclic) bond motifs is 1. The molecule has 8 atom stereocenters. The van der Waals surface area contributed by atoms with Gasteiger partial charge in [-0.1, -0.05) is 84.0 Å². The van der Waals surface area contributed by atoms with Crippen molar-refractivity contribution in [3.05, 3.63) is 35.9 Å². The lowest BCUT2D eigenvalue weighted by molar-refractivity contribution is 0.247. The smallest absolute Gasteiger partial charge is 0.0544 e. The highest BCUT2D eigenvalue weighted by Crippen LogP contribution is 2.62. The van der Waals surface area contributed by atoms with E-state index in [0.29, 0.717) is 0 Å². The van der Waals surface area contributed by atoms with Gasteiger partial charge in [0.2, 0.25) is 0 Å². The van der Waals surface area contributed by atoms with Crippen LogP contribution in [0.25, 0.3) is 0 Å². The molecule has 4 rings (SSSR count). The molecule has 8 unspecified atom stereocenters. The summed E-state index contributed by atoms with van der Waals surface area (Å²) in [4.78, 5) is 0. The van der Waals surface area contributed by atoms with Gasteiger partial charge in [0.25, 0.3) is 0 Å². The van der Waals surface area contributed by atoms with Crippen molar-refractivity contribution in [2.24, 2.45) is 35.5 Å². The lowest BCUT2D eigenvalue weighted by Gasteiger charge is -2.46. The number of hydrogen-bond donors (Lipinski definition) is 0. The van der Waals surface area contributed by atoms with E-state index in [1.165, 1.54) is 25.7 Å². The summed E-state index contributed by atoms with van der Waals surface area (Å²) in [5.74, 6) is 6.62. The van der Waals surface area contributed by atoms with E-state index in [4.69, 9.17) is 0 Å². The molecule has 1 aromatic carbocycles. The first-order chi connectivity index (χ1) is 12.8. The molecule has 0 saturated heterocycles. The Morgan fingerprint density at radius 2 is 1.37 bits per heavy atom. The van der Waals surface area contributed by atoms with Gasteiger partial charge in [-0.3, -0.25) is 0 Å². The molecule has 0 spiro atoms. The lowest BCUT2D eigenvalue weighted by atomic mass is 9.73. The normalized spacial score (nSPS) is 45.0. The second-order valence-corrected chi connectivity index (χ2v) is 16.4. The van der Waals surface area contributed by atoms with Gasteiger partial charge in [0.05, 0.1) is 8.07 Å². The molecule has 3 saturated carbocycles. The minimum Gasteiger partial charge on any atom is -0.0689 e. The van der Waals surface area contributed by atoms with E-state index < -0.39 is 8.07 Å². The van der Waals surface area contributed by atoms with E-state index in [0.717, 1.165) is 52.5 Å². The van der Waals surface area contributed by atoms with E-state index in [9.17, 15) is 0 Å². The summed E-state index contributed by atoms with van der Waals surface area (Å²) >= 11 is 0. The average Bonchev–Trinajstić information content (AvgIpc) is 3.18. The molecule has 3 fully saturated rings. The molecule has 0 aliphatic heterocycles. The van der Waals surface area contributed by atoms with Crippen LogP contribution >= 0.6 is 0 Å². The fourth-order valence-corrected chi connectivity index (χ4v) is 14.7. The Morgan fingerprint density at radius 1 is 0.741 bits per heavy atom. The molecule has 0 amide bonds. The summed E-state index contributed by atoms with van der Waals surface area (Å²) in [5.41, 5.74) is 3.74. The molecular formula is C26H42Si. The van der Waals surface area contributed by atoms with E-state index in [1.807, 2.05) is 0 Å². The van der Waals surface area contributed by atoms with Crippen LogP contribution in [0.2, 0.25) is 24.2 Å². The molecule has 0 N–H and O–H groups in total. The number of hydrogen-bond acceptors (Lipinski definition) is 0. The largest absolute Gasteiger partial charge is 0.0689 e. The SMILES string of the molecule is CC1C(C)C(C)C([Si](C)(C)C2CCC3CC(c4ccccc4)CCC32)C1C. The summed E-state index contributed by atoms with van der Waals surface area (Å²) in [5, 5.41) is 0. The molecule has 0 nitrogen and oxygen atoms in total. The summed E-state index contributed by atoms with van der Waals surface area (Å²) in [6.07, 6.45) is 7.49. The Balaban J connectivity index is 1.50. The fourth-order valence-electron chi connectivity index (χ4n) is 8.40. The Kier molecular flexibility index (Phi) is 5.38. The molecule has 0 radical (unpaired) electrons. The van der Waals surface area contributed by atoms with Crippen LogP contribution in [0.3, 0.4) is 0 Å². The van der Waals surface area contributed by atoms with Crippen molar-refractivity contribution in [2.75, 3.05) is 0 Å². The van der Waals surface area contributed by atoms with Crippen LogP contribution in [0.1, 0.15) is 71.3 Å². The van der Waals surface area contributed by atoms with Gasteiger partial charge in [-0.05, 0) is 77.3 Å². The first-order valence-corrected chi connectivity index (χ1v) is 15.0. The van der Waals surface area contributed by atoms with Gasteiger partial charge in [0.15, 0.2) is 0 Å². The molecule has 27 heavy (non-hydrogen) atoms. The molecule has 150 valence electrons. The summed E-state index contributed by atoms with van der Waals surface area (Å²) < 4.78 is 0. The van der Waals surface area contributed by atoms with Gasteiger partial charge in [0.1, 0.15) is 0 Å². The zero-order chi connectivity index (χ0) is 19.3. The van der Waals surface area contributed by atoms with Gasteiger partial charge in [0, 0.05) is 0 Å². The third-order valence-corrected chi connectivity index (χ3v) is 15.5. The lowest BCUT2D eigenvalue weighted by Crippen LogP contribution is -2.44. The second kappa shape index (κ2) is 7.36. The van der Waals surface area contributed by atoms with Crippen LogP contribution in [-0.4, -0.2) is 8.07 Å². The van der Waals surface area contributed by atoms with Gasteiger partial charge in [-0.2, -0.15) is 0 Å². The molecular weight excluding hydrogens is 340 g/mol. The predicted octanol–water partition coefficient (Wildman–Crippen LogP) is 7.99. The Morgan fingerprint density at radius 3 is 2.00 bits per heavy atom. The van der Waals surface area contributed by atoms with Crippen molar-refractivity contribution in [3.63, 3.8) is 0 Å². The van der Waals surface area contributed by atoms with Crippen LogP contribution < -0.4 is 0 Å². The monoisotopic (exact) mass is 382 g/mol. The summed E-state index contributed by atoms with van der Waals surface area (Å²) in [6.45, 7) is 15.9. The number of benzene rings is 1. The second-order valence-electron chi connectivity index (χ2n) is 11.3. The van der Waals surface area contributed by atoms with Crippen LogP contribution in [0.4, 0.5) is 0 Å². The zero-order valence-electron chi connectivity index (χ0n) is 18.6. The average molecular weight is 383 g/mol. The highest BCUT2D eigenvalue weighted by Gasteiger charge is 2.55. The molecule has 1 aromatic rings. The Bertz CT molecular complexity index is 621. The van der Waals surface area contributed by atoms with Crippen molar-refractivity contribution >= 4 is 8.07 Å². The molecule has 3 aliphatic rings. The molecule has 0 aromatic heterocycles. The standard InChI is InChI=1S/C26H42Si/c1-17-18(2)20(4)26(19(17)3)27(5,6)25-15-13-23-16-22(12-14-24(23)25)21-10-8-7-9-11-21/h7-11,17-20,22-26H,12-16H2,1-6H3. The van der Waals surface area contributed by atoms with Gasteiger partial charge >= 0.3 is 0 Å². The maximum atomic E-state index is 2.80. The van der Waals surface area contributed by atoms with Crippen LogP contribution in [-0.2, 0) is 0 Å². The highest BCUT2D eigenvalue weighted by atomic mass is 28.3. The first-order valence-electron chi connectivity index (χ1n) is 11.9. The third kappa shape index (κ3) is 3.26. The zero-order valence-corrected chi connectivity index (χ0v) is 19.6. The van der Waals surface area contributed by atoms with E-state index in [-0.39, 0.29) is 0 Å². The predicted molar refractivity (Wildman–Crippen MR) is 121 cm³/mol. The Labute approximate surface area is 169 Å². The van der Waals surface area contributed by atoms with Crippen molar-refractivity contribution in [2.45, 2.75) is 89.9 Å². The summed E-state index contributed by atoms with van der Waals surface area (Å²) in [7, 11) is -1.26. The molecule has 0 bridgehead atoms. The minimum absolute atomic E-state index is 0.834. The highest BCUT2D eigenvalue weighted by molar-refractivity contribution is 6.80. The summed E-state index contributed by atoms with van der Waals surface area (Å²) in [6, 6.07) is 11.4. The maximum Gasteiger partial charge on any atom is 0.0544 e. The number of rotatable bonds is 3. The van der Waals surface area contributed by atoms with Gasteiger partial charge < -0.3 is 0 Å². The van der Waals surface area contributed by atoms with E-state index in [2.05, 4.69) is 71.1 Å².